The van der Waals surface area contributed by atoms with E-state index in [0.29, 0.717) is 13.0 Å². The molecule has 1 aliphatic rings. The van der Waals surface area contributed by atoms with Crippen LogP contribution in [0.3, 0.4) is 0 Å². The monoisotopic (exact) mass is 189 g/mol. The first-order valence-electron chi connectivity index (χ1n) is 4.36. The largest absolute Gasteiger partial charge is 0.480 e. The molecule has 0 saturated carbocycles. The lowest BCUT2D eigenvalue weighted by molar-refractivity contribution is -0.203. The Labute approximate surface area is 76.9 Å². The third kappa shape index (κ3) is 2.40. The van der Waals surface area contributed by atoms with Crippen molar-refractivity contribution in [3.63, 3.8) is 0 Å². The molecule has 1 heterocycles. The number of methoxy groups -OCH3 is 1. The van der Waals surface area contributed by atoms with E-state index < -0.39 is 18.4 Å². The predicted molar refractivity (Wildman–Crippen MR) is 45.0 cm³/mol. The minimum absolute atomic E-state index is 0.575. The number of aliphatic hydroxyl groups excluding tert-OH is 1. The molecule has 76 valence electrons. The lowest BCUT2D eigenvalue weighted by Crippen LogP contribution is -2.50. The molecule has 1 rings (SSSR count). The van der Waals surface area contributed by atoms with Crippen molar-refractivity contribution in [1.82, 2.24) is 4.90 Å². The SMILES string of the molecule is COC(O)N1CCCC[C@H]1C(=O)O. The highest BCUT2D eigenvalue weighted by Gasteiger charge is 2.32. The van der Waals surface area contributed by atoms with E-state index in [-0.39, 0.29) is 0 Å². The maximum atomic E-state index is 10.8. The summed E-state index contributed by atoms with van der Waals surface area (Å²) in [5.74, 6) is -0.893. The number of hydrogen-bond donors (Lipinski definition) is 2. The Morgan fingerprint density at radius 2 is 2.31 bits per heavy atom. The Kier molecular flexibility index (Phi) is 3.65. The fourth-order valence-corrected chi connectivity index (χ4v) is 1.62. The second kappa shape index (κ2) is 4.55. The molecule has 1 saturated heterocycles. The van der Waals surface area contributed by atoms with Crippen molar-refractivity contribution in [3.8, 4) is 0 Å². The molecular weight excluding hydrogens is 174 g/mol. The van der Waals surface area contributed by atoms with Gasteiger partial charge in [0.25, 0.3) is 0 Å². The number of ether oxygens (including phenoxy) is 1. The van der Waals surface area contributed by atoms with Crippen LogP contribution < -0.4 is 0 Å². The summed E-state index contributed by atoms with van der Waals surface area (Å²) in [4.78, 5) is 12.2. The van der Waals surface area contributed by atoms with Crippen molar-refractivity contribution in [2.45, 2.75) is 31.7 Å². The van der Waals surface area contributed by atoms with Crippen molar-refractivity contribution in [2.75, 3.05) is 13.7 Å². The van der Waals surface area contributed by atoms with Crippen LogP contribution >= 0.6 is 0 Å². The first kappa shape index (κ1) is 10.4. The minimum atomic E-state index is -1.10. The van der Waals surface area contributed by atoms with Gasteiger partial charge < -0.3 is 14.9 Å². The van der Waals surface area contributed by atoms with Crippen LogP contribution in [0.5, 0.6) is 0 Å². The van der Waals surface area contributed by atoms with Gasteiger partial charge in [-0.05, 0) is 12.8 Å². The van der Waals surface area contributed by atoms with Gasteiger partial charge in [-0.2, -0.15) is 0 Å². The average Bonchev–Trinajstić information content (AvgIpc) is 2.16. The van der Waals surface area contributed by atoms with E-state index in [4.69, 9.17) is 5.11 Å². The quantitative estimate of drug-likeness (QED) is 0.604. The summed E-state index contributed by atoms with van der Waals surface area (Å²) in [6.45, 7) is 0.575. The van der Waals surface area contributed by atoms with E-state index in [0.717, 1.165) is 12.8 Å². The lowest BCUT2D eigenvalue weighted by Gasteiger charge is -2.35. The molecule has 0 aromatic rings. The molecule has 0 aromatic heterocycles. The van der Waals surface area contributed by atoms with Gasteiger partial charge in [0.15, 0.2) is 0 Å². The van der Waals surface area contributed by atoms with E-state index in [1.165, 1.54) is 12.0 Å². The molecule has 2 N–H and O–H groups in total. The zero-order valence-electron chi connectivity index (χ0n) is 7.64. The molecule has 1 fully saturated rings. The van der Waals surface area contributed by atoms with Crippen LogP contribution in [0.2, 0.25) is 0 Å². The summed E-state index contributed by atoms with van der Waals surface area (Å²) >= 11 is 0. The second-order valence-electron chi connectivity index (χ2n) is 3.15. The van der Waals surface area contributed by atoms with Crippen molar-refractivity contribution in [2.24, 2.45) is 0 Å². The number of likely N-dealkylation sites (tertiary alicyclic amines) is 1. The molecule has 1 aliphatic heterocycles. The number of carboxylic acids is 1. The number of carboxylic acid groups (broad SMARTS) is 1. The normalized spacial score (nSPS) is 27.1. The fourth-order valence-electron chi connectivity index (χ4n) is 1.62. The van der Waals surface area contributed by atoms with Gasteiger partial charge in [-0.25, -0.2) is 4.90 Å². The Hall–Kier alpha value is -0.650. The van der Waals surface area contributed by atoms with Crippen LogP contribution in [0.25, 0.3) is 0 Å². The Balaban J connectivity index is 2.61. The van der Waals surface area contributed by atoms with Crippen LogP contribution in [0.4, 0.5) is 0 Å². The fraction of sp³-hybridized carbons (Fsp3) is 0.875. The maximum absolute atomic E-state index is 10.8. The van der Waals surface area contributed by atoms with Gasteiger partial charge in [-0.3, -0.25) is 4.79 Å². The number of nitrogens with zero attached hydrogens (tertiary/aromatic N) is 1. The molecule has 5 heteroatoms. The zero-order valence-corrected chi connectivity index (χ0v) is 7.64. The molecule has 2 atom stereocenters. The van der Waals surface area contributed by atoms with Crippen molar-refractivity contribution in [3.05, 3.63) is 0 Å². The molecule has 5 nitrogen and oxygen atoms in total. The molecule has 0 aromatic carbocycles. The molecule has 0 spiro atoms. The van der Waals surface area contributed by atoms with Gasteiger partial charge in [0.1, 0.15) is 6.04 Å². The second-order valence-corrected chi connectivity index (χ2v) is 3.15. The van der Waals surface area contributed by atoms with E-state index in [1.54, 1.807) is 0 Å². The van der Waals surface area contributed by atoms with Gasteiger partial charge in [-0.1, -0.05) is 6.42 Å². The number of hydrogen-bond acceptors (Lipinski definition) is 4. The third-order valence-corrected chi connectivity index (χ3v) is 2.32. The topological polar surface area (TPSA) is 70.0 Å². The van der Waals surface area contributed by atoms with E-state index >= 15 is 0 Å². The highest BCUT2D eigenvalue weighted by molar-refractivity contribution is 5.73. The van der Waals surface area contributed by atoms with Gasteiger partial charge in [0.2, 0.25) is 6.41 Å². The lowest BCUT2D eigenvalue weighted by atomic mass is 10.0. The van der Waals surface area contributed by atoms with Crippen molar-refractivity contribution >= 4 is 5.97 Å². The van der Waals surface area contributed by atoms with Gasteiger partial charge in [0.05, 0.1) is 0 Å². The Bertz CT molecular complexity index is 185. The summed E-state index contributed by atoms with van der Waals surface area (Å²) in [5.41, 5.74) is 0. The third-order valence-electron chi connectivity index (χ3n) is 2.32. The molecule has 0 aliphatic carbocycles. The first-order chi connectivity index (χ1) is 6.16. The first-order valence-corrected chi connectivity index (χ1v) is 4.36. The summed E-state index contributed by atoms with van der Waals surface area (Å²) in [6, 6.07) is -0.608. The Morgan fingerprint density at radius 1 is 1.62 bits per heavy atom. The van der Waals surface area contributed by atoms with Gasteiger partial charge in [0, 0.05) is 13.7 Å². The van der Waals surface area contributed by atoms with E-state index in [9.17, 15) is 9.90 Å². The average molecular weight is 189 g/mol. The van der Waals surface area contributed by atoms with Crippen LogP contribution in [0.15, 0.2) is 0 Å². The number of piperidine rings is 1. The van der Waals surface area contributed by atoms with Gasteiger partial charge >= 0.3 is 5.97 Å². The predicted octanol–water partition coefficient (Wildman–Crippen LogP) is -0.152. The van der Waals surface area contributed by atoms with Crippen LogP contribution in [-0.2, 0) is 9.53 Å². The smallest absolute Gasteiger partial charge is 0.321 e. The summed E-state index contributed by atoms with van der Waals surface area (Å²) < 4.78 is 4.69. The summed E-state index contributed by atoms with van der Waals surface area (Å²) in [5, 5.41) is 18.2. The molecular formula is C8H15NO4. The van der Waals surface area contributed by atoms with E-state index in [1.807, 2.05) is 0 Å². The molecule has 0 bridgehead atoms. The van der Waals surface area contributed by atoms with Gasteiger partial charge in [-0.15, -0.1) is 0 Å². The summed E-state index contributed by atoms with van der Waals surface area (Å²) in [7, 11) is 1.36. The van der Waals surface area contributed by atoms with E-state index in [2.05, 4.69) is 4.74 Å². The maximum Gasteiger partial charge on any atom is 0.321 e. The van der Waals surface area contributed by atoms with Crippen molar-refractivity contribution < 1.29 is 19.7 Å². The Morgan fingerprint density at radius 3 is 2.85 bits per heavy atom. The van der Waals surface area contributed by atoms with Crippen molar-refractivity contribution in [1.29, 1.82) is 0 Å². The number of aliphatic hydroxyl groups is 1. The highest BCUT2D eigenvalue weighted by atomic mass is 16.6. The number of aliphatic carboxylic acids is 1. The number of rotatable bonds is 3. The van der Waals surface area contributed by atoms with Crippen LogP contribution in [-0.4, -0.2) is 47.2 Å². The highest BCUT2D eigenvalue weighted by Crippen LogP contribution is 2.19. The summed E-state index contributed by atoms with van der Waals surface area (Å²) in [6.07, 6.45) is 1.28. The molecule has 1 unspecified atom stereocenters. The number of carbonyl (C=O) groups is 1. The zero-order chi connectivity index (χ0) is 9.84. The molecule has 13 heavy (non-hydrogen) atoms. The standard InChI is InChI=1S/C8H15NO4/c1-13-8(12)9-5-3-2-4-6(9)7(10)11/h6,8,12H,2-5H2,1H3,(H,10,11)/t6-,8?/m0/s1. The minimum Gasteiger partial charge on any atom is -0.480 e. The van der Waals surface area contributed by atoms with Crippen LogP contribution in [0.1, 0.15) is 19.3 Å². The molecule has 0 radical (unpaired) electrons. The molecule has 0 amide bonds. The van der Waals surface area contributed by atoms with Crippen LogP contribution in [0, 0.1) is 0 Å².